The number of methoxy groups -OCH3 is 1. The van der Waals surface area contributed by atoms with Gasteiger partial charge in [-0.3, -0.25) is 4.79 Å². The average molecular weight is 324 g/mol. The summed E-state index contributed by atoms with van der Waals surface area (Å²) in [4.78, 5) is 14.8. The fraction of sp³-hybridized carbons (Fsp3) is 0.350. The van der Waals surface area contributed by atoms with E-state index in [-0.39, 0.29) is 5.91 Å². The predicted octanol–water partition coefficient (Wildman–Crippen LogP) is 3.87. The largest absolute Gasteiger partial charge is 0.497 e. The van der Waals surface area contributed by atoms with Crippen molar-refractivity contribution < 1.29 is 9.53 Å². The second kappa shape index (κ2) is 7.86. The number of piperidine rings is 1. The number of hydrogen-bond donors (Lipinski definition) is 1. The lowest BCUT2D eigenvalue weighted by Gasteiger charge is -2.30. The topological polar surface area (TPSA) is 41.6 Å². The molecule has 0 bridgehead atoms. The van der Waals surface area contributed by atoms with Crippen molar-refractivity contribution in [2.24, 2.45) is 0 Å². The molecular formula is C20H24N2O2. The number of carbonyl (C=O) groups is 1. The summed E-state index contributed by atoms with van der Waals surface area (Å²) in [7, 11) is 1.64. The Morgan fingerprint density at radius 2 is 1.75 bits per heavy atom. The first-order chi connectivity index (χ1) is 11.8. The van der Waals surface area contributed by atoms with Crippen LogP contribution in [-0.2, 0) is 11.2 Å². The van der Waals surface area contributed by atoms with Gasteiger partial charge in [0.05, 0.1) is 24.9 Å². The highest BCUT2D eigenvalue weighted by Gasteiger charge is 2.15. The maximum Gasteiger partial charge on any atom is 0.228 e. The molecule has 0 aromatic heterocycles. The number of benzene rings is 2. The summed E-state index contributed by atoms with van der Waals surface area (Å²) in [6, 6.07) is 15.7. The Bertz CT molecular complexity index is 676. The van der Waals surface area contributed by atoms with Gasteiger partial charge in [0.1, 0.15) is 5.75 Å². The van der Waals surface area contributed by atoms with E-state index in [1.807, 2.05) is 42.5 Å². The number of carbonyl (C=O) groups excluding carboxylic acids is 1. The van der Waals surface area contributed by atoms with Gasteiger partial charge in [-0.1, -0.05) is 24.3 Å². The van der Waals surface area contributed by atoms with Gasteiger partial charge in [0.25, 0.3) is 0 Å². The number of para-hydroxylation sites is 2. The average Bonchev–Trinajstić information content (AvgIpc) is 2.63. The second-order valence-electron chi connectivity index (χ2n) is 6.14. The standard InChI is InChI=1S/C20H24N2O2/c1-24-17-11-9-16(10-12-17)15-20(23)21-18-7-3-4-8-19(18)22-13-5-2-6-14-22/h3-4,7-12H,2,5-6,13-15H2,1H3,(H,21,23). The molecule has 0 unspecified atom stereocenters. The third kappa shape index (κ3) is 4.07. The van der Waals surface area contributed by atoms with Crippen molar-refractivity contribution >= 4 is 17.3 Å². The number of anilines is 2. The number of hydrogen-bond acceptors (Lipinski definition) is 3. The molecule has 1 heterocycles. The molecule has 1 N–H and O–H groups in total. The van der Waals surface area contributed by atoms with E-state index in [1.165, 1.54) is 19.3 Å². The summed E-state index contributed by atoms with van der Waals surface area (Å²) >= 11 is 0. The van der Waals surface area contributed by atoms with Crippen molar-refractivity contribution in [2.45, 2.75) is 25.7 Å². The van der Waals surface area contributed by atoms with Crippen molar-refractivity contribution in [3.05, 3.63) is 54.1 Å². The van der Waals surface area contributed by atoms with Gasteiger partial charge in [0.15, 0.2) is 0 Å². The normalized spacial score (nSPS) is 14.3. The first kappa shape index (κ1) is 16.4. The Kier molecular flexibility index (Phi) is 5.36. The molecule has 1 amide bonds. The molecule has 1 saturated heterocycles. The third-order valence-electron chi connectivity index (χ3n) is 4.40. The van der Waals surface area contributed by atoms with Gasteiger partial charge in [0.2, 0.25) is 5.91 Å². The molecule has 1 aliphatic heterocycles. The van der Waals surface area contributed by atoms with Gasteiger partial charge in [-0.05, 0) is 49.1 Å². The maximum absolute atomic E-state index is 12.4. The van der Waals surface area contributed by atoms with Crippen LogP contribution < -0.4 is 15.0 Å². The molecule has 0 spiro atoms. The van der Waals surface area contributed by atoms with Gasteiger partial charge < -0.3 is 15.0 Å². The molecule has 4 heteroatoms. The van der Waals surface area contributed by atoms with Crippen LogP contribution in [0, 0.1) is 0 Å². The molecule has 126 valence electrons. The van der Waals surface area contributed by atoms with Gasteiger partial charge in [-0.2, -0.15) is 0 Å². The monoisotopic (exact) mass is 324 g/mol. The molecule has 24 heavy (non-hydrogen) atoms. The summed E-state index contributed by atoms with van der Waals surface area (Å²) < 4.78 is 5.15. The van der Waals surface area contributed by atoms with Crippen LogP contribution in [0.2, 0.25) is 0 Å². The van der Waals surface area contributed by atoms with Gasteiger partial charge >= 0.3 is 0 Å². The number of amides is 1. The van der Waals surface area contributed by atoms with Crippen LogP contribution in [0.4, 0.5) is 11.4 Å². The Morgan fingerprint density at radius 3 is 2.46 bits per heavy atom. The zero-order valence-corrected chi connectivity index (χ0v) is 14.1. The van der Waals surface area contributed by atoms with Crippen LogP contribution in [0.3, 0.4) is 0 Å². The van der Waals surface area contributed by atoms with Crippen LogP contribution >= 0.6 is 0 Å². The second-order valence-corrected chi connectivity index (χ2v) is 6.14. The van der Waals surface area contributed by atoms with E-state index < -0.39 is 0 Å². The molecule has 3 rings (SSSR count). The molecule has 2 aromatic carbocycles. The first-order valence-electron chi connectivity index (χ1n) is 8.53. The van der Waals surface area contributed by atoms with E-state index in [1.54, 1.807) is 7.11 Å². The fourth-order valence-electron chi connectivity index (χ4n) is 3.11. The van der Waals surface area contributed by atoms with Crippen LogP contribution in [-0.4, -0.2) is 26.1 Å². The number of nitrogens with zero attached hydrogens (tertiary/aromatic N) is 1. The predicted molar refractivity (Wildman–Crippen MR) is 97.8 cm³/mol. The third-order valence-corrected chi connectivity index (χ3v) is 4.40. The highest BCUT2D eigenvalue weighted by atomic mass is 16.5. The van der Waals surface area contributed by atoms with Gasteiger partial charge in [-0.15, -0.1) is 0 Å². The molecule has 1 fully saturated rings. The van der Waals surface area contributed by atoms with Crippen molar-refractivity contribution in [1.82, 2.24) is 0 Å². The van der Waals surface area contributed by atoms with Crippen LogP contribution in [0.15, 0.2) is 48.5 Å². The highest BCUT2D eigenvalue weighted by molar-refractivity contribution is 5.95. The summed E-state index contributed by atoms with van der Waals surface area (Å²) in [5.74, 6) is 0.805. The van der Waals surface area contributed by atoms with E-state index in [2.05, 4.69) is 16.3 Å². The minimum atomic E-state index is 0.00428. The molecule has 4 nitrogen and oxygen atoms in total. The molecule has 1 aliphatic rings. The Morgan fingerprint density at radius 1 is 1.04 bits per heavy atom. The summed E-state index contributed by atoms with van der Waals surface area (Å²) in [6.45, 7) is 2.12. The maximum atomic E-state index is 12.4. The van der Waals surface area contributed by atoms with Crippen molar-refractivity contribution in [2.75, 3.05) is 30.4 Å². The molecule has 0 atom stereocenters. The summed E-state index contributed by atoms with van der Waals surface area (Å²) in [5.41, 5.74) is 3.00. The van der Waals surface area contributed by atoms with E-state index in [4.69, 9.17) is 4.74 Å². The lowest BCUT2D eigenvalue weighted by atomic mass is 10.1. The van der Waals surface area contributed by atoms with Crippen LogP contribution in [0.25, 0.3) is 0 Å². The fourth-order valence-corrected chi connectivity index (χ4v) is 3.11. The summed E-state index contributed by atoms with van der Waals surface area (Å²) in [5, 5.41) is 3.07. The van der Waals surface area contributed by atoms with E-state index in [0.717, 1.165) is 35.8 Å². The summed E-state index contributed by atoms with van der Waals surface area (Å²) in [6.07, 6.45) is 4.09. The van der Waals surface area contributed by atoms with E-state index >= 15 is 0 Å². The highest BCUT2D eigenvalue weighted by Crippen LogP contribution is 2.28. The van der Waals surface area contributed by atoms with E-state index in [0.29, 0.717) is 6.42 Å². The van der Waals surface area contributed by atoms with Crippen LogP contribution in [0.1, 0.15) is 24.8 Å². The Labute approximate surface area is 143 Å². The number of nitrogens with one attached hydrogen (secondary N) is 1. The molecule has 0 saturated carbocycles. The quantitative estimate of drug-likeness (QED) is 0.908. The SMILES string of the molecule is COc1ccc(CC(=O)Nc2ccccc2N2CCCCC2)cc1. The molecular weight excluding hydrogens is 300 g/mol. The lowest BCUT2D eigenvalue weighted by Crippen LogP contribution is -2.30. The lowest BCUT2D eigenvalue weighted by molar-refractivity contribution is -0.115. The molecule has 0 radical (unpaired) electrons. The van der Waals surface area contributed by atoms with Crippen molar-refractivity contribution in [3.63, 3.8) is 0 Å². The smallest absolute Gasteiger partial charge is 0.228 e. The zero-order chi connectivity index (χ0) is 16.8. The first-order valence-corrected chi connectivity index (χ1v) is 8.53. The van der Waals surface area contributed by atoms with Crippen molar-refractivity contribution in [1.29, 1.82) is 0 Å². The minimum absolute atomic E-state index is 0.00428. The number of rotatable bonds is 5. The number of ether oxygens (including phenoxy) is 1. The van der Waals surface area contributed by atoms with Crippen LogP contribution in [0.5, 0.6) is 5.75 Å². The van der Waals surface area contributed by atoms with Crippen molar-refractivity contribution in [3.8, 4) is 5.75 Å². The molecule has 0 aliphatic carbocycles. The zero-order valence-electron chi connectivity index (χ0n) is 14.1. The molecule has 2 aromatic rings. The minimum Gasteiger partial charge on any atom is -0.497 e. The Balaban J connectivity index is 1.67. The van der Waals surface area contributed by atoms with E-state index in [9.17, 15) is 4.79 Å². The van der Waals surface area contributed by atoms with Gasteiger partial charge in [-0.25, -0.2) is 0 Å². The Hall–Kier alpha value is -2.49. The van der Waals surface area contributed by atoms with Gasteiger partial charge in [0, 0.05) is 13.1 Å².